The maximum Gasteiger partial charge on any atom is 0.293 e. The van der Waals surface area contributed by atoms with Crippen LogP contribution in [0.1, 0.15) is 31.1 Å². The first-order valence-electron chi connectivity index (χ1n) is 9.66. The van der Waals surface area contributed by atoms with E-state index in [0.29, 0.717) is 19.6 Å². The van der Waals surface area contributed by atoms with Gasteiger partial charge in [0.1, 0.15) is 5.69 Å². The van der Waals surface area contributed by atoms with E-state index in [4.69, 9.17) is 4.42 Å². The normalized spacial score (nSPS) is 16.7. The summed E-state index contributed by atoms with van der Waals surface area (Å²) in [7, 11) is 0.207. The number of nitro benzene ring substituents is 1. The van der Waals surface area contributed by atoms with Crippen molar-refractivity contribution in [1.29, 1.82) is 0 Å². The van der Waals surface area contributed by atoms with Crippen LogP contribution in [-0.4, -0.2) is 51.4 Å². The van der Waals surface area contributed by atoms with E-state index in [2.05, 4.69) is 5.32 Å². The topological polar surface area (TPSA) is 110 Å². The Morgan fingerprint density at radius 2 is 1.97 bits per heavy atom. The highest BCUT2D eigenvalue weighted by Gasteiger charge is 2.29. The smallest absolute Gasteiger partial charge is 0.293 e. The van der Waals surface area contributed by atoms with E-state index in [1.165, 1.54) is 16.4 Å². The van der Waals surface area contributed by atoms with Crippen molar-refractivity contribution in [2.45, 2.75) is 30.2 Å². The molecule has 1 fully saturated rings. The standard InChI is InChI=1S/C19H26N4O5S/c1-21(2)18(19-7-6-12-28-19)14-20-16-9-8-15(13-17(16)23(24)25)29(26,27)22-10-4-3-5-11-22/h6-9,12-13,18,20H,3-5,10-11,14H2,1-2H3/p+1/t18-/m1/s1. The highest BCUT2D eigenvalue weighted by Crippen LogP contribution is 2.30. The number of sulfonamides is 1. The van der Waals surface area contributed by atoms with Crippen molar-refractivity contribution in [1.82, 2.24) is 4.31 Å². The fraction of sp³-hybridized carbons (Fsp3) is 0.474. The summed E-state index contributed by atoms with van der Waals surface area (Å²) in [6.45, 7) is 1.30. The third-order valence-electron chi connectivity index (χ3n) is 5.20. The molecule has 2 N–H and O–H groups in total. The van der Waals surface area contributed by atoms with Gasteiger partial charge in [0.15, 0.2) is 11.8 Å². The van der Waals surface area contributed by atoms with Gasteiger partial charge in [-0.05, 0) is 37.1 Å². The molecule has 29 heavy (non-hydrogen) atoms. The minimum atomic E-state index is -3.73. The molecule has 3 rings (SSSR count). The monoisotopic (exact) mass is 423 g/mol. The average Bonchev–Trinajstić information content (AvgIpc) is 3.23. The van der Waals surface area contributed by atoms with Crippen LogP contribution in [0.2, 0.25) is 0 Å². The van der Waals surface area contributed by atoms with Crippen LogP contribution >= 0.6 is 0 Å². The van der Waals surface area contributed by atoms with Crippen molar-refractivity contribution < 1.29 is 22.7 Å². The van der Waals surface area contributed by atoms with E-state index in [1.807, 2.05) is 20.2 Å². The van der Waals surface area contributed by atoms with Crippen molar-refractivity contribution in [2.24, 2.45) is 0 Å². The third-order valence-corrected chi connectivity index (χ3v) is 7.09. The van der Waals surface area contributed by atoms with Crippen LogP contribution in [0, 0.1) is 10.1 Å². The molecule has 9 nitrogen and oxygen atoms in total. The molecule has 1 aliphatic rings. The first-order chi connectivity index (χ1) is 13.8. The first kappa shape index (κ1) is 21.3. The molecule has 2 heterocycles. The minimum Gasteiger partial charge on any atom is -0.463 e. The molecule has 1 aromatic carbocycles. The van der Waals surface area contributed by atoms with Gasteiger partial charge in [0, 0.05) is 19.2 Å². The molecule has 158 valence electrons. The summed E-state index contributed by atoms with van der Waals surface area (Å²) in [4.78, 5) is 12.1. The van der Waals surface area contributed by atoms with Crippen molar-refractivity contribution in [3.05, 3.63) is 52.5 Å². The molecule has 0 bridgehead atoms. The van der Waals surface area contributed by atoms with Crippen LogP contribution < -0.4 is 10.2 Å². The number of nitrogens with one attached hydrogen (secondary N) is 2. The Balaban J connectivity index is 1.84. The molecule has 0 radical (unpaired) electrons. The van der Waals surface area contributed by atoms with E-state index in [-0.39, 0.29) is 22.3 Å². The molecule has 1 aliphatic heterocycles. The summed E-state index contributed by atoms with van der Waals surface area (Å²) < 4.78 is 32.6. The molecule has 1 atom stereocenters. The van der Waals surface area contributed by atoms with Gasteiger partial charge >= 0.3 is 0 Å². The molecule has 1 aromatic heterocycles. The number of anilines is 1. The van der Waals surface area contributed by atoms with Gasteiger partial charge in [-0.3, -0.25) is 10.1 Å². The van der Waals surface area contributed by atoms with Crippen molar-refractivity contribution in [3.8, 4) is 0 Å². The van der Waals surface area contributed by atoms with E-state index < -0.39 is 14.9 Å². The number of furan rings is 1. The van der Waals surface area contributed by atoms with Crippen LogP contribution in [0.3, 0.4) is 0 Å². The second kappa shape index (κ2) is 8.93. The number of quaternary nitrogens is 1. The molecule has 0 aliphatic carbocycles. The lowest BCUT2D eigenvalue weighted by molar-refractivity contribution is -0.891. The van der Waals surface area contributed by atoms with Crippen molar-refractivity contribution >= 4 is 21.4 Å². The molecule has 0 saturated carbocycles. The van der Waals surface area contributed by atoms with Gasteiger partial charge < -0.3 is 14.6 Å². The molecular formula is C19H27N4O5S+. The lowest BCUT2D eigenvalue weighted by Gasteiger charge is -2.26. The number of hydrogen-bond donors (Lipinski definition) is 2. The Bertz CT molecular complexity index is 938. The summed E-state index contributed by atoms with van der Waals surface area (Å²) in [5.41, 5.74) is 0.0282. The number of benzene rings is 1. The van der Waals surface area contributed by atoms with Crippen molar-refractivity contribution in [3.63, 3.8) is 0 Å². The number of nitrogens with zero attached hydrogens (tertiary/aromatic N) is 2. The molecular weight excluding hydrogens is 396 g/mol. The fourth-order valence-electron chi connectivity index (χ4n) is 3.52. The number of likely N-dealkylation sites (N-methyl/N-ethyl adjacent to an activating group) is 1. The number of piperidine rings is 1. The largest absolute Gasteiger partial charge is 0.463 e. The predicted molar refractivity (Wildman–Crippen MR) is 108 cm³/mol. The molecule has 0 amide bonds. The van der Waals surface area contributed by atoms with Gasteiger partial charge in [0.05, 0.1) is 36.7 Å². The minimum absolute atomic E-state index is 0.0440. The number of nitro groups is 1. The number of rotatable bonds is 8. The Kier molecular flexibility index (Phi) is 6.56. The summed E-state index contributed by atoms with van der Waals surface area (Å²) in [5, 5.41) is 14.7. The summed E-state index contributed by atoms with van der Waals surface area (Å²) >= 11 is 0. The van der Waals surface area contributed by atoms with Crippen LogP contribution in [0.25, 0.3) is 0 Å². The van der Waals surface area contributed by atoms with E-state index >= 15 is 0 Å². The second-order valence-electron chi connectivity index (χ2n) is 7.43. The lowest BCUT2D eigenvalue weighted by Crippen LogP contribution is -3.06. The SMILES string of the molecule is C[NH+](C)[C@H](CNc1ccc(S(=O)(=O)N2CCCCC2)cc1[N+](=O)[O-])c1ccco1. The summed E-state index contributed by atoms with van der Waals surface area (Å²) in [6, 6.07) is 7.66. The lowest BCUT2D eigenvalue weighted by atomic mass is 10.2. The van der Waals surface area contributed by atoms with Gasteiger partial charge in [0.2, 0.25) is 10.0 Å². The first-order valence-corrected chi connectivity index (χ1v) is 11.1. The maximum absolute atomic E-state index is 12.9. The Morgan fingerprint density at radius 1 is 1.24 bits per heavy atom. The van der Waals surface area contributed by atoms with Gasteiger partial charge in [-0.2, -0.15) is 4.31 Å². The predicted octanol–water partition coefficient (Wildman–Crippen LogP) is 1.66. The molecule has 0 spiro atoms. The Labute approximate surface area is 170 Å². The van der Waals surface area contributed by atoms with E-state index in [1.54, 1.807) is 12.3 Å². The van der Waals surface area contributed by atoms with Crippen LogP contribution in [-0.2, 0) is 10.0 Å². The molecule has 10 heteroatoms. The zero-order chi connectivity index (χ0) is 21.0. The third kappa shape index (κ3) is 4.77. The average molecular weight is 424 g/mol. The van der Waals surface area contributed by atoms with Gasteiger partial charge in [-0.25, -0.2) is 8.42 Å². The van der Waals surface area contributed by atoms with Crippen LogP contribution in [0.15, 0.2) is 45.9 Å². The van der Waals surface area contributed by atoms with Gasteiger partial charge in [-0.15, -0.1) is 0 Å². The second-order valence-corrected chi connectivity index (χ2v) is 9.37. The Hall–Kier alpha value is -2.43. The summed E-state index contributed by atoms with van der Waals surface area (Å²) in [5.74, 6) is 0.768. The molecule has 0 unspecified atom stereocenters. The quantitative estimate of drug-likeness (QED) is 0.494. The van der Waals surface area contributed by atoms with E-state index in [9.17, 15) is 18.5 Å². The van der Waals surface area contributed by atoms with Gasteiger partial charge in [0.25, 0.3) is 5.69 Å². The zero-order valence-corrected chi connectivity index (χ0v) is 17.4. The molecule has 2 aromatic rings. The van der Waals surface area contributed by atoms with Crippen LogP contribution in [0.5, 0.6) is 0 Å². The van der Waals surface area contributed by atoms with Crippen molar-refractivity contribution in [2.75, 3.05) is 39.0 Å². The zero-order valence-electron chi connectivity index (χ0n) is 16.6. The molecule has 1 saturated heterocycles. The number of hydrogen-bond acceptors (Lipinski definition) is 6. The fourth-order valence-corrected chi connectivity index (χ4v) is 5.06. The Morgan fingerprint density at radius 3 is 2.55 bits per heavy atom. The van der Waals surface area contributed by atoms with Gasteiger partial charge in [-0.1, -0.05) is 6.42 Å². The summed E-state index contributed by atoms with van der Waals surface area (Å²) in [6.07, 6.45) is 4.21. The maximum atomic E-state index is 12.9. The van der Waals surface area contributed by atoms with E-state index in [0.717, 1.165) is 36.0 Å². The highest BCUT2D eigenvalue weighted by molar-refractivity contribution is 7.89. The van der Waals surface area contributed by atoms with Crippen LogP contribution in [0.4, 0.5) is 11.4 Å². The highest BCUT2D eigenvalue weighted by atomic mass is 32.2.